The third-order valence-electron chi connectivity index (χ3n) is 5.29. The summed E-state index contributed by atoms with van der Waals surface area (Å²) in [5, 5.41) is 3.15. The normalized spacial score (nSPS) is 23.3. The molecule has 1 saturated carbocycles. The van der Waals surface area contributed by atoms with Crippen LogP contribution in [0.1, 0.15) is 50.5 Å². The molecule has 1 amide bonds. The molecule has 1 heterocycles. The lowest BCUT2D eigenvalue weighted by molar-refractivity contribution is -0.127. The Balaban J connectivity index is 1.59. The lowest BCUT2D eigenvalue weighted by Crippen LogP contribution is -2.48. The average molecular weight is 365 g/mol. The van der Waals surface area contributed by atoms with Crippen molar-refractivity contribution in [3.63, 3.8) is 0 Å². The van der Waals surface area contributed by atoms with Gasteiger partial charge in [0.1, 0.15) is 0 Å². The van der Waals surface area contributed by atoms with Gasteiger partial charge in [0.2, 0.25) is 15.9 Å². The van der Waals surface area contributed by atoms with E-state index in [2.05, 4.69) is 5.32 Å². The largest absolute Gasteiger partial charge is 0.353 e. The van der Waals surface area contributed by atoms with Crippen LogP contribution in [0, 0.1) is 5.92 Å². The highest BCUT2D eigenvalue weighted by atomic mass is 32.2. The van der Waals surface area contributed by atoms with Crippen LogP contribution >= 0.6 is 0 Å². The van der Waals surface area contributed by atoms with Gasteiger partial charge in [0.15, 0.2) is 0 Å². The summed E-state index contributed by atoms with van der Waals surface area (Å²) in [6, 6.07) is 9.51. The minimum absolute atomic E-state index is 0.00477. The monoisotopic (exact) mass is 364 g/mol. The van der Waals surface area contributed by atoms with E-state index in [9.17, 15) is 13.2 Å². The van der Waals surface area contributed by atoms with Crippen molar-refractivity contribution in [3.8, 4) is 0 Å². The molecular formula is C19H28N2O3S. The number of benzene rings is 1. The summed E-state index contributed by atoms with van der Waals surface area (Å²) in [5.41, 5.74) is 0.788. The van der Waals surface area contributed by atoms with Gasteiger partial charge in [0, 0.05) is 19.1 Å². The number of hydrogen-bond acceptors (Lipinski definition) is 3. The van der Waals surface area contributed by atoms with Gasteiger partial charge in [0.25, 0.3) is 0 Å². The summed E-state index contributed by atoms with van der Waals surface area (Å²) in [4.78, 5) is 12.6. The fraction of sp³-hybridized carbons (Fsp3) is 0.632. The molecule has 0 radical (unpaired) electrons. The van der Waals surface area contributed by atoms with Crippen molar-refractivity contribution < 1.29 is 13.2 Å². The number of carbonyl (C=O) groups is 1. The first kappa shape index (κ1) is 18.4. The number of carbonyl (C=O) groups excluding carboxylic acids is 1. The molecule has 3 rings (SSSR count). The third-order valence-corrected chi connectivity index (χ3v) is 7.11. The highest BCUT2D eigenvalue weighted by molar-refractivity contribution is 7.88. The predicted octanol–water partition coefficient (Wildman–Crippen LogP) is 2.68. The van der Waals surface area contributed by atoms with Crippen LogP contribution in [0.4, 0.5) is 0 Å². The Kier molecular flexibility index (Phi) is 6.12. The molecule has 0 aromatic heterocycles. The smallest absolute Gasteiger partial charge is 0.224 e. The van der Waals surface area contributed by atoms with Gasteiger partial charge in [-0.3, -0.25) is 4.79 Å². The lowest BCUT2D eigenvalue weighted by atomic mass is 9.93. The Hall–Kier alpha value is -1.40. The van der Waals surface area contributed by atoms with Crippen molar-refractivity contribution in [2.24, 2.45) is 5.92 Å². The molecule has 1 unspecified atom stereocenters. The van der Waals surface area contributed by atoms with E-state index in [1.165, 1.54) is 23.6 Å². The zero-order valence-corrected chi connectivity index (χ0v) is 15.5. The lowest BCUT2D eigenvalue weighted by Gasteiger charge is -2.32. The quantitative estimate of drug-likeness (QED) is 0.873. The van der Waals surface area contributed by atoms with E-state index in [0.717, 1.165) is 31.2 Å². The van der Waals surface area contributed by atoms with Gasteiger partial charge < -0.3 is 5.32 Å². The van der Waals surface area contributed by atoms with Crippen molar-refractivity contribution in [1.82, 2.24) is 9.62 Å². The van der Waals surface area contributed by atoms with Crippen molar-refractivity contribution in [1.29, 1.82) is 0 Å². The number of amides is 1. The SMILES string of the molecule is O=C(NC1CCCCC1)C1CCCN(S(=O)(=O)Cc2ccccc2)C1. The first-order chi connectivity index (χ1) is 12.0. The highest BCUT2D eigenvalue weighted by Gasteiger charge is 2.33. The molecule has 1 aliphatic carbocycles. The number of nitrogens with zero attached hydrogens (tertiary/aromatic N) is 1. The first-order valence-corrected chi connectivity index (χ1v) is 11.0. The van der Waals surface area contributed by atoms with Crippen LogP contribution in [0.3, 0.4) is 0 Å². The van der Waals surface area contributed by atoms with Crippen LogP contribution in [0.15, 0.2) is 30.3 Å². The molecule has 1 aromatic carbocycles. The van der Waals surface area contributed by atoms with Gasteiger partial charge in [-0.25, -0.2) is 12.7 Å². The maximum absolute atomic E-state index is 12.7. The second-order valence-corrected chi connectivity index (χ2v) is 9.25. The Morgan fingerprint density at radius 1 is 1.04 bits per heavy atom. The van der Waals surface area contributed by atoms with E-state index in [1.54, 1.807) is 0 Å². The van der Waals surface area contributed by atoms with Crippen LogP contribution in [0.25, 0.3) is 0 Å². The van der Waals surface area contributed by atoms with Crippen LogP contribution < -0.4 is 5.32 Å². The molecule has 2 fully saturated rings. The Morgan fingerprint density at radius 3 is 2.48 bits per heavy atom. The Labute approximate surface area is 150 Å². The second kappa shape index (κ2) is 8.32. The maximum Gasteiger partial charge on any atom is 0.224 e. The summed E-state index contributed by atoms with van der Waals surface area (Å²) in [6.07, 6.45) is 7.22. The van der Waals surface area contributed by atoms with Gasteiger partial charge in [-0.2, -0.15) is 0 Å². The molecule has 1 atom stereocenters. The van der Waals surface area contributed by atoms with E-state index >= 15 is 0 Å². The maximum atomic E-state index is 12.7. The van der Waals surface area contributed by atoms with Gasteiger partial charge in [-0.1, -0.05) is 49.6 Å². The van der Waals surface area contributed by atoms with Gasteiger partial charge in [-0.05, 0) is 31.2 Å². The molecule has 1 aliphatic heterocycles. The summed E-state index contributed by atoms with van der Waals surface area (Å²) in [6.45, 7) is 0.829. The number of piperidine rings is 1. The van der Waals surface area contributed by atoms with Crippen molar-refractivity contribution in [2.45, 2.75) is 56.7 Å². The molecule has 25 heavy (non-hydrogen) atoms. The molecule has 1 N–H and O–H groups in total. The van der Waals surface area contributed by atoms with Gasteiger partial charge in [-0.15, -0.1) is 0 Å². The summed E-state index contributed by atoms with van der Waals surface area (Å²) in [7, 11) is -3.38. The van der Waals surface area contributed by atoms with Gasteiger partial charge >= 0.3 is 0 Å². The Morgan fingerprint density at radius 2 is 1.76 bits per heavy atom. The predicted molar refractivity (Wildman–Crippen MR) is 98.4 cm³/mol. The third kappa shape index (κ3) is 5.05. The fourth-order valence-electron chi connectivity index (χ4n) is 3.85. The van der Waals surface area contributed by atoms with Crippen molar-refractivity contribution in [2.75, 3.05) is 13.1 Å². The summed E-state index contributed by atoms with van der Waals surface area (Å²) in [5.74, 6) is -0.183. The molecule has 6 heteroatoms. The molecular weight excluding hydrogens is 336 g/mol. The van der Waals surface area contributed by atoms with E-state index < -0.39 is 10.0 Å². The molecule has 1 saturated heterocycles. The Bertz CT molecular complexity index is 669. The average Bonchev–Trinajstić information content (AvgIpc) is 2.63. The van der Waals surface area contributed by atoms with Crippen molar-refractivity contribution in [3.05, 3.63) is 35.9 Å². The molecule has 138 valence electrons. The van der Waals surface area contributed by atoms with E-state index in [0.29, 0.717) is 13.1 Å². The van der Waals surface area contributed by atoms with Gasteiger partial charge in [0.05, 0.1) is 11.7 Å². The number of sulfonamides is 1. The van der Waals surface area contributed by atoms with Crippen LogP contribution in [-0.4, -0.2) is 37.8 Å². The van der Waals surface area contributed by atoms with E-state index in [4.69, 9.17) is 0 Å². The van der Waals surface area contributed by atoms with Crippen LogP contribution in [-0.2, 0) is 20.6 Å². The molecule has 0 spiro atoms. The zero-order chi connectivity index (χ0) is 17.7. The minimum Gasteiger partial charge on any atom is -0.353 e. The van der Waals surface area contributed by atoms with Crippen LogP contribution in [0.2, 0.25) is 0 Å². The zero-order valence-electron chi connectivity index (χ0n) is 14.7. The van der Waals surface area contributed by atoms with E-state index in [1.807, 2.05) is 30.3 Å². The fourth-order valence-corrected chi connectivity index (χ4v) is 5.46. The molecule has 0 bridgehead atoms. The molecule has 2 aliphatic rings. The molecule has 1 aromatic rings. The number of nitrogens with one attached hydrogen (secondary N) is 1. The second-order valence-electron chi connectivity index (χ2n) is 7.28. The summed E-state index contributed by atoms with van der Waals surface area (Å²) >= 11 is 0. The number of rotatable bonds is 5. The summed E-state index contributed by atoms with van der Waals surface area (Å²) < 4.78 is 26.9. The standard InChI is InChI=1S/C19H28N2O3S/c22-19(20-18-11-5-2-6-12-18)17-10-7-13-21(14-17)25(23,24)15-16-8-3-1-4-9-16/h1,3-4,8-9,17-18H,2,5-7,10-15H2,(H,20,22). The van der Waals surface area contributed by atoms with Crippen molar-refractivity contribution >= 4 is 15.9 Å². The first-order valence-electron chi connectivity index (χ1n) is 9.37. The molecule has 5 nitrogen and oxygen atoms in total. The highest BCUT2D eigenvalue weighted by Crippen LogP contribution is 2.23. The minimum atomic E-state index is -3.38. The van der Waals surface area contributed by atoms with Crippen LogP contribution in [0.5, 0.6) is 0 Å². The topological polar surface area (TPSA) is 66.5 Å². The number of hydrogen-bond donors (Lipinski definition) is 1. The van der Waals surface area contributed by atoms with E-state index in [-0.39, 0.29) is 23.6 Å².